The molecule has 3 heteroatoms. The summed E-state index contributed by atoms with van der Waals surface area (Å²) in [5, 5.41) is 2.64. The highest BCUT2D eigenvalue weighted by molar-refractivity contribution is 5.94. The summed E-state index contributed by atoms with van der Waals surface area (Å²) in [6.07, 6.45) is 1.91. The summed E-state index contributed by atoms with van der Waals surface area (Å²) < 4.78 is 11.6. The van der Waals surface area contributed by atoms with E-state index in [0.717, 1.165) is 39.1 Å². The molecule has 0 amide bonds. The Balaban J connectivity index is 1.61. The van der Waals surface area contributed by atoms with E-state index < -0.39 is 0 Å². The minimum Gasteiger partial charge on any atom is -0.371 e. The molecular weight excluding hydrogens is 250 g/mol. The van der Waals surface area contributed by atoms with Gasteiger partial charge in [0.2, 0.25) is 0 Å². The third-order valence-corrected chi connectivity index (χ3v) is 4.45. The first-order valence-corrected chi connectivity index (χ1v) is 7.37. The fourth-order valence-electron chi connectivity index (χ4n) is 3.36. The van der Waals surface area contributed by atoms with Crippen LogP contribution < -0.4 is 4.90 Å². The van der Waals surface area contributed by atoms with Crippen LogP contribution >= 0.6 is 0 Å². The van der Waals surface area contributed by atoms with Crippen LogP contribution in [0.4, 0.5) is 5.69 Å². The van der Waals surface area contributed by atoms with E-state index in [-0.39, 0.29) is 5.79 Å². The first-order valence-electron chi connectivity index (χ1n) is 7.37. The number of hydrogen-bond donors (Lipinski definition) is 0. The molecule has 0 saturated carbocycles. The van der Waals surface area contributed by atoms with E-state index in [2.05, 4.69) is 47.4 Å². The van der Waals surface area contributed by atoms with Crippen molar-refractivity contribution in [1.82, 2.24) is 0 Å². The monoisotopic (exact) mass is 269 g/mol. The van der Waals surface area contributed by atoms with E-state index in [1.54, 1.807) is 0 Å². The number of anilines is 1. The SMILES string of the molecule is c1ccc2c(N3CCC4(CC3)OCCO4)cccc2c1. The van der Waals surface area contributed by atoms with Gasteiger partial charge in [0, 0.05) is 37.0 Å². The maximum atomic E-state index is 5.80. The molecule has 2 heterocycles. The van der Waals surface area contributed by atoms with Crippen molar-refractivity contribution in [3.63, 3.8) is 0 Å². The third-order valence-electron chi connectivity index (χ3n) is 4.45. The summed E-state index contributed by atoms with van der Waals surface area (Å²) in [5.41, 5.74) is 1.33. The van der Waals surface area contributed by atoms with Gasteiger partial charge in [-0.15, -0.1) is 0 Å². The van der Waals surface area contributed by atoms with Gasteiger partial charge in [0.25, 0.3) is 0 Å². The summed E-state index contributed by atoms with van der Waals surface area (Å²) >= 11 is 0. The minimum absolute atomic E-state index is 0.291. The topological polar surface area (TPSA) is 21.7 Å². The van der Waals surface area contributed by atoms with Crippen LogP contribution in [0, 0.1) is 0 Å². The van der Waals surface area contributed by atoms with E-state index in [0.29, 0.717) is 0 Å². The zero-order valence-electron chi connectivity index (χ0n) is 11.5. The Kier molecular flexibility index (Phi) is 2.90. The molecule has 104 valence electrons. The molecule has 4 rings (SSSR count). The molecule has 2 fully saturated rings. The van der Waals surface area contributed by atoms with E-state index in [9.17, 15) is 0 Å². The van der Waals surface area contributed by atoms with Crippen molar-refractivity contribution in [3.8, 4) is 0 Å². The molecule has 0 atom stereocenters. The molecule has 2 saturated heterocycles. The first-order chi connectivity index (χ1) is 9.86. The number of benzene rings is 2. The highest BCUT2D eigenvalue weighted by atomic mass is 16.7. The Morgan fingerprint density at radius 2 is 1.55 bits per heavy atom. The van der Waals surface area contributed by atoms with Gasteiger partial charge in [0.1, 0.15) is 0 Å². The molecule has 2 aliphatic heterocycles. The Morgan fingerprint density at radius 3 is 2.35 bits per heavy atom. The van der Waals surface area contributed by atoms with Gasteiger partial charge in [-0.1, -0.05) is 36.4 Å². The second kappa shape index (κ2) is 4.76. The number of fused-ring (bicyclic) bond motifs is 1. The molecule has 2 aromatic carbocycles. The number of nitrogens with zero attached hydrogens (tertiary/aromatic N) is 1. The molecule has 2 aliphatic rings. The molecule has 2 aromatic rings. The van der Waals surface area contributed by atoms with Crippen LogP contribution in [0.2, 0.25) is 0 Å². The standard InChI is InChI=1S/C17H19NO2/c1-2-6-15-14(4-1)5-3-7-16(15)18-10-8-17(9-11-18)19-12-13-20-17/h1-7H,8-13H2. The fraction of sp³-hybridized carbons (Fsp3) is 0.412. The van der Waals surface area contributed by atoms with Crippen molar-refractivity contribution in [2.75, 3.05) is 31.2 Å². The van der Waals surface area contributed by atoms with Gasteiger partial charge < -0.3 is 14.4 Å². The highest BCUT2D eigenvalue weighted by Gasteiger charge is 2.39. The van der Waals surface area contributed by atoms with Crippen molar-refractivity contribution in [2.45, 2.75) is 18.6 Å². The van der Waals surface area contributed by atoms with Gasteiger partial charge in [-0.05, 0) is 11.5 Å². The Bertz CT molecular complexity index is 604. The zero-order valence-corrected chi connectivity index (χ0v) is 11.5. The lowest BCUT2D eigenvalue weighted by atomic mass is 10.0. The van der Waals surface area contributed by atoms with E-state index in [4.69, 9.17) is 9.47 Å². The lowest BCUT2D eigenvalue weighted by Gasteiger charge is -2.39. The number of rotatable bonds is 1. The van der Waals surface area contributed by atoms with Crippen molar-refractivity contribution < 1.29 is 9.47 Å². The molecule has 0 bridgehead atoms. The quantitative estimate of drug-likeness (QED) is 0.793. The number of ether oxygens (including phenoxy) is 2. The highest BCUT2D eigenvalue weighted by Crippen LogP contribution is 2.35. The normalized spacial score (nSPS) is 21.7. The third kappa shape index (κ3) is 1.98. The molecule has 3 nitrogen and oxygen atoms in total. The predicted octanol–water partition coefficient (Wildman–Crippen LogP) is 3.18. The number of hydrogen-bond acceptors (Lipinski definition) is 3. The Hall–Kier alpha value is -1.58. The van der Waals surface area contributed by atoms with Gasteiger partial charge in [-0.2, -0.15) is 0 Å². The lowest BCUT2D eigenvalue weighted by molar-refractivity contribution is -0.169. The fourth-order valence-corrected chi connectivity index (χ4v) is 3.36. The Morgan fingerprint density at radius 1 is 0.850 bits per heavy atom. The van der Waals surface area contributed by atoms with Crippen LogP contribution in [0.25, 0.3) is 10.8 Å². The van der Waals surface area contributed by atoms with Crippen molar-refractivity contribution >= 4 is 16.5 Å². The van der Waals surface area contributed by atoms with E-state index in [1.165, 1.54) is 16.5 Å². The van der Waals surface area contributed by atoms with Crippen molar-refractivity contribution in [3.05, 3.63) is 42.5 Å². The average Bonchev–Trinajstić information content (AvgIpc) is 2.96. The van der Waals surface area contributed by atoms with Gasteiger partial charge in [0.15, 0.2) is 5.79 Å². The Labute approximate surface area is 119 Å². The van der Waals surface area contributed by atoms with Crippen LogP contribution in [-0.2, 0) is 9.47 Å². The second-order valence-electron chi connectivity index (χ2n) is 5.59. The molecule has 20 heavy (non-hydrogen) atoms. The van der Waals surface area contributed by atoms with E-state index >= 15 is 0 Å². The summed E-state index contributed by atoms with van der Waals surface area (Å²) in [6, 6.07) is 15.1. The molecule has 0 N–H and O–H groups in total. The van der Waals surface area contributed by atoms with Gasteiger partial charge >= 0.3 is 0 Å². The summed E-state index contributed by atoms with van der Waals surface area (Å²) in [7, 11) is 0. The van der Waals surface area contributed by atoms with Gasteiger partial charge in [0.05, 0.1) is 13.2 Å². The maximum absolute atomic E-state index is 5.80. The smallest absolute Gasteiger partial charge is 0.171 e. The van der Waals surface area contributed by atoms with E-state index in [1.807, 2.05) is 0 Å². The molecule has 0 aliphatic carbocycles. The van der Waals surface area contributed by atoms with Crippen molar-refractivity contribution in [2.24, 2.45) is 0 Å². The van der Waals surface area contributed by atoms with Crippen LogP contribution in [0.15, 0.2) is 42.5 Å². The lowest BCUT2D eigenvalue weighted by Crippen LogP contribution is -2.45. The van der Waals surface area contributed by atoms with Crippen molar-refractivity contribution in [1.29, 1.82) is 0 Å². The predicted molar refractivity (Wildman–Crippen MR) is 80.0 cm³/mol. The molecule has 0 aromatic heterocycles. The van der Waals surface area contributed by atoms with Crippen LogP contribution in [0.3, 0.4) is 0 Å². The minimum atomic E-state index is -0.291. The molecule has 1 spiro atoms. The van der Waals surface area contributed by atoms with Crippen LogP contribution in [0.5, 0.6) is 0 Å². The van der Waals surface area contributed by atoms with Crippen LogP contribution in [0.1, 0.15) is 12.8 Å². The number of piperidine rings is 1. The second-order valence-corrected chi connectivity index (χ2v) is 5.59. The summed E-state index contributed by atoms with van der Waals surface area (Å²) in [4.78, 5) is 2.46. The van der Waals surface area contributed by atoms with Gasteiger partial charge in [-0.25, -0.2) is 0 Å². The molecule has 0 unspecified atom stereocenters. The molecular formula is C17H19NO2. The maximum Gasteiger partial charge on any atom is 0.171 e. The average molecular weight is 269 g/mol. The summed E-state index contributed by atoms with van der Waals surface area (Å²) in [6.45, 7) is 3.48. The zero-order chi connectivity index (χ0) is 13.4. The summed E-state index contributed by atoms with van der Waals surface area (Å²) in [5.74, 6) is -0.291. The first kappa shape index (κ1) is 12.2. The van der Waals surface area contributed by atoms with Crippen LogP contribution in [-0.4, -0.2) is 32.1 Å². The molecule has 0 radical (unpaired) electrons. The largest absolute Gasteiger partial charge is 0.371 e. The van der Waals surface area contributed by atoms with Gasteiger partial charge in [-0.3, -0.25) is 0 Å².